The molecule has 110 valence electrons. The first kappa shape index (κ1) is 14.0. The Labute approximate surface area is 124 Å². The molecule has 2 heterocycles. The van der Waals surface area contributed by atoms with Crippen LogP contribution in [0, 0.1) is 11.7 Å². The highest BCUT2D eigenvalue weighted by molar-refractivity contribution is 5.36. The van der Waals surface area contributed by atoms with Crippen molar-refractivity contribution in [3.63, 3.8) is 0 Å². The minimum Gasteiger partial charge on any atom is -0.366 e. The van der Waals surface area contributed by atoms with Crippen LogP contribution in [0.3, 0.4) is 0 Å². The van der Waals surface area contributed by atoms with Crippen molar-refractivity contribution in [3.8, 4) is 0 Å². The fourth-order valence-corrected chi connectivity index (χ4v) is 2.72. The summed E-state index contributed by atoms with van der Waals surface area (Å²) in [4.78, 5) is 4.64. The third-order valence-corrected chi connectivity index (χ3v) is 3.83. The summed E-state index contributed by atoms with van der Waals surface area (Å²) in [6.45, 7) is 2.78. The molecule has 1 aromatic carbocycles. The first-order valence-electron chi connectivity index (χ1n) is 7.44. The lowest BCUT2D eigenvalue weighted by Gasteiger charge is -2.10. The zero-order valence-electron chi connectivity index (χ0n) is 12.0. The standard InChI is InChI=1S/C17H20FN3/c18-15-4-1-3-13(9-15)12-20-17-6-2-5-16(21-17)10-14-7-8-19-11-14/h1-6,9,14,19H,7-8,10-12H2,(H,20,21)/t14-/m0/s1. The summed E-state index contributed by atoms with van der Waals surface area (Å²) < 4.78 is 13.1. The Morgan fingerprint density at radius 3 is 2.95 bits per heavy atom. The largest absolute Gasteiger partial charge is 0.366 e. The van der Waals surface area contributed by atoms with E-state index in [2.05, 4.69) is 21.7 Å². The molecule has 0 amide bonds. The predicted molar refractivity (Wildman–Crippen MR) is 82.6 cm³/mol. The van der Waals surface area contributed by atoms with Crippen LogP contribution in [0.5, 0.6) is 0 Å². The molecule has 0 saturated carbocycles. The minimum atomic E-state index is -0.204. The second kappa shape index (κ2) is 6.68. The van der Waals surface area contributed by atoms with Crippen molar-refractivity contribution in [2.45, 2.75) is 19.4 Å². The number of anilines is 1. The van der Waals surface area contributed by atoms with Gasteiger partial charge in [0.05, 0.1) is 0 Å². The molecule has 4 heteroatoms. The third kappa shape index (κ3) is 4.02. The Hall–Kier alpha value is -1.94. The average molecular weight is 285 g/mol. The molecular weight excluding hydrogens is 265 g/mol. The van der Waals surface area contributed by atoms with Gasteiger partial charge in [-0.15, -0.1) is 0 Å². The van der Waals surface area contributed by atoms with E-state index in [0.29, 0.717) is 12.5 Å². The lowest BCUT2D eigenvalue weighted by molar-refractivity contribution is 0.572. The van der Waals surface area contributed by atoms with E-state index in [1.807, 2.05) is 18.2 Å². The molecular formula is C17H20FN3. The molecule has 0 unspecified atom stereocenters. The Bertz CT molecular complexity index is 594. The Morgan fingerprint density at radius 2 is 2.14 bits per heavy atom. The van der Waals surface area contributed by atoms with Crippen molar-refractivity contribution < 1.29 is 4.39 Å². The van der Waals surface area contributed by atoms with E-state index in [9.17, 15) is 4.39 Å². The van der Waals surface area contributed by atoms with Gasteiger partial charge in [-0.2, -0.15) is 0 Å². The Kier molecular flexibility index (Phi) is 4.46. The molecule has 3 nitrogen and oxygen atoms in total. The molecule has 0 spiro atoms. The van der Waals surface area contributed by atoms with E-state index in [4.69, 9.17) is 0 Å². The smallest absolute Gasteiger partial charge is 0.126 e. The molecule has 3 rings (SSSR count). The fraction of sp³-hybridized carbons (Fsp3) is 0.353. The quantitative estimate of drug-likeness (QED) is 0.887. The van der Waals surface area contributed by atoms with Gasteiger partial charge in [-0.25, -0.2) is 9.37 Å². The van der Waals surface area contributed by atoms with Crippen LogP contribution in [-0.4, -0.2) is 18.1 Å². The summed E-state index contributed by atoms with van der Waals surface area (Å²) in [5.41, 5.74) is 2.04. The number of nitrogens with one attached hydrogen (secondary N) is 2. The van der Waals surface area contributed by atoms with Gasteiger partial charge in [0.1, 0.15) is 11.6 Å². The van der Waals surface area contributed by atoms with Gasteiger partial charge in [-0.3, -0.25) is 0 Å². The number of benzene rings is 1. The predicted octanol–water partition coefficient (Wildman–Crippen LogP) is 2.98. The zero-order valence-corrected chi connectivity index (χ0v) is 12.0. The number of hydrogen-bond acceptors (Lipinski definition) is 3. The van der Waals surface area contributed by atoms with E-state index in [0.717, 1.165) is 36.6 Å². The normalized spacial score (nSPS) is 17.9. The molecule has 1 aliphatic heterocycles. The topological polar surface area (TPSA) is 37.0 Å². The van der Waals surface area contributed by atoms with Gasteiger partial charge in [0.2, 0.25) is 0 Å². The van der Waals surface area contributed by atoms with Gasteiger partial charge in [-0.05, 0) is 61.7 Å². The molecule has 1 saturated heterocycles. The van der Waals surface area contributed by atoms with Crippen LogP contribution in [0.2, 0.25) is 0 Å². The number of hydrogen-bond donors (Lipinski definition) is 2. The second-order valence-corrected chi connectivity index (χ2v) is 5.56. The molecule has 2 aromatic rings. The van der Waals surface area contributed by atoms with Gasteiger partial charge in [-0.1, -0.05) is 18.2 Å². The molecule has 1 aliphatic rings. The SMILES string of the molecule is Fc1cccc(CNc2cccc(C[C@@H]3CCNC3)n2)c1. The highest BCUT2D eigenvalue weighted by atomic mass is 19.1. The molecule has 1 fully saturated rings. The van der Waals surface area contributed by atoms with Gasteiger partial charge in [0.25, 0.3) is 0 Å². The van der Waals surface area contributed by atoms with Crippen molar-refractivity contribution in [1.29, 1.82) is 0 Å². The van der Waals surface area contributed by atoms with E-state index in [1.54, 1.807) is 12.1 Å². The fourth-order valence-electron chi connectivity index (χ4n) is 2.72. The first-order valence-corrected chi connectivity index (χ1v) is 7.44. The van der Waals surface area contributed by atoms with E-state index in [-0.39, 0.29) is 5.82 Å². The summed E-state index contributed by atoms with van der Waals surface area (Å²) in [6.07, 6.45) is 2.24. The molecule has 1 atom stereocenters. The summed E-state index contributed by atoms with van der Waals surface area (Å²) in [5, 5.41) is 6.64. The molecule has 0 aliphatic carbocycles. The lowest BCUT2D eigenvalue weighted by atomic mass is 10.0. The van der Waals surface area contributed by atoms with Crippen LogP contribution >= 0.6 is 0 Å². The van der Waals surface area contributed by atoms with Gasteiger partial charge in [0, 0.05) is 12.2 Å². The highest BCUT2D eigenvalue weighted by Crippen LogP contribution is 2.15. The molecule has 1 aromatic heterocycles. The molecule has 0 bridgehead atoms. The number of pyridine rings is 1. The van der Waals surface area contributed by atoms with E-state index < -0.39 is 0 Å². The summed E-state index contributed by atoms with van der Waals surface area (Å²) in [6, 6.07) is 12.7. The van der Waals surface area contributed by atoms with Gasteiger partial charge < -0.3 is 10.6 Å². The van der Waals surface area contributed by atoms with Crippen LogP contribution < -0.4 is 10.6 Å². The van der Waals surface area contributed by atoms with E-state index >= 15 is 0 Å². The zero-order chi connectivity index (χ0) is 14.5. The van der Waals surface area contributed by atoms with Crippen molar-refractivity contribution in [3.05, 3.63) is 59.5 Å². The van der Waals surface area contributed by atoms with Crippen molar-refractivity contribution >= 4 is 5.82 Å². The molecule has 0 radical (unpaired) electrons. The lowest BCUT2D eigenvalue weighted by Crippen LogP contribution is -2.12. The maximum absolute atomic E-state index is 13.1. The first-order chi connectivity index (χ1) is 10.3. The Balaban J connectivity index is 1.60. The molecule has 21 heavy (non-hydrogen) atoms. The summed E-state index contributed by atoms with van der Waals surface area (Å²) in [7, 11) is 0. The number of aromatic nitrogens is 1. The van der Waals surface area contributed by atoms with Crippen molar-refractivity contribution in [1.82, 2.24) is 10.3 Å². The summed E-state index contributed by atoms with van der Waals surface area (Å²) >= 11 is 0. The van der Waals surface area contributed by atoms with Crippen LogP contribution in [0.1, 0.15) is 17.7 Å². The van der Waals surface area contributed by atoms with Crippen LogP contribution in [0.25, 0.3) is 0 Å². The number of nitrogens with zero attached hydrogens (tertiary/aromatic N) is 1. The van der Waals surface area contributed by atoms with Crippen LogP contribution in [-0.2, 0) is 13.0 Å². The number of rotatable bonds is 5. The summed E-state index contributed by atoms with van der Waals surface area (Å²) in [5.74, 6) is 1.34. The maximum atomic E-state index is 13.1. The van der Waals surface area contributed by atoms with Crippen molar-refractivity contribution in [2.75, 3.05) is 18.4 Å². The van der Waals surface area contributed by atoms with Crippen LogP contribution in [0.4, 0.5) is 10.2 Å². The van der Waals surface area contributed by atoms with Crippen molar-refractivity contribution in [2.24, 2.45) is 5.92 Å². The van der Waals surface area contributed by atoms with E-state index in [1.165, 1.54) is 12.5 Å². The minimum absolute atomic E-state index is 0.204. The highest BCUT2D eigenvalue weighted by Gasteiger charge is 2.15. The monoisotopic (exact) mass is 285 g/mol. The van der Waals surface area contributed by atoms with Crippen LogP contribution in [0.15, 0.2) is 42.5 Å². The van der Waals surface area contributed by atoms with Gasteiger partial charge >= 0.3 is 0 Å². The Morgan fingerprint density at radius 1 is 1.24 bits per heavy atom. The molecule has 2 N–H and O–H groups in total. The number of halogens is 1. The maximum Gasteiger partial charge on any atom is 0.126 e. The second-order valence-electron chi connectivity index (χ2n) is 5.56. The third-order valence-electron chi connectivity index (χ3n) is 3.83. The van der Waals surface area contributed by atoms with Gasteiger partial charge in [0.15, 0.2) is 0 Å². The average Bonchev–Trinajstić information content (AvgIpc) is 2.99.